The van der Waals surface area contributed by atoms with Gasteiger partial charge in [0.2, 0.25) is 0 Å². The maximum atomic E-state index is 6.55. The molecule has 0 fully saturated rings. The monoisotopic (exact) mass is 602 g/mol. The van der Waals surface area contributed by atoms with Gasteiger partial charge >= 0.3 is 0 Å². The molecule has 47 heavy (non-hydrogen) atoms. The molecule has 0 bridgehead atoms. The maximum absolute atomic E-state index is 6.55. The highest BCUT2D eigenvalue weighted by atomic mass is 16.3. The summed E-state index contributed by atoms with van der Waals surface area (Å²) in [5.74, 6) is 0. The van der Waals surface area contributed by atoms with Crippen LogP contribution in [0.3, 0.4) is 0 Å². The van der Waals surface area contributed by atoms with Gasteiger partial charge < -0.3 is 4.42 Å². The minimum absolute atomic E-state index is 0.915. The van der Waals surface area contributed by atoms with E-state index in [9.17, 15) is 0 Å². The Bertz CT molecular complexity index is 2700. The second kappa shape index (κ2) is 10.4. The molecule has 9 aromatic rings. The van der Waals surface area contributed by atoms with Crippen LogP contribution in [0.2, 0.25) is 0 Å². The van der Waals surface area contributed by atoms with E-state index in [4.69, 9.17) is 14.4 Å². The van der Waals surface area contributed by atoms with Gasteiger partial charge in [0.15, 0.2) is 0 Å². The molecule has 7 aromatic carbocycles. The van der Waals surface area contributed by atoms with Crippen LogP contribution in [0.1, 0.15) is 24.0 Å². The predicted molar refractivity (Wildman–Crippen MR) is 195 cm³/mol. The highest BCUT2D eigenvalue weighted by molar-refractivity contribution is 6.20. The topological polar surface area (TPSA) is 38.9 Å². The van der Waals surface area contributed by atoms with Crippen molar-refractivity contribution in [1.29, 1.82) is 0 Å². The molecule has 0 N–H and O–H groups in total. The van der Waals surface area contributed by atoms with E-state index in [1.54, 1.807) is 0 Å². The number of benzene rings is 7. The second-order valence-electron chi connectivity index (χ2n) is 12.8. The summed E-state index contributed by atoms with van der Waals surface area (Å²) in [6, 6.07) is 45.4. The summed E-state index contributed by atoms with van der Waals surface area (Å²) in [6.07, 6.45) is 6.57. The molecule has 0 unspecified atom stereocenters. The molecule has 0 atom stereocenters. The SMILES string of the molecule is c1cc(-c2cccc(-c3cccc4c3oc3ccc5ccccc5c34)c2)cc(-c2cnc3c(n2)c2c(c4ccccc43)CCCC2)c1. The number of aryl methyl sites for hydroxylation is 2. The molecule has 1 aliphatic rings. The Balaban J connectivity index is 1.08. The minimum Gasteiger partial charge on any atom is -0.455 e. The lowest BCUT2D eigenvalue weighted by Gasteiger charge is -2.20. The quantitative estimate of drug-likeness (QED) is 0.189. The molecule has 0 amide bonds. The van der Waals surface area contributed by atoms with E-state index in [0.717, 1.165) is 73.9 Å². The van der Waals surface area contributed by atoms with Crippen molar-refractivity contribution in [3.8, 4) is 33.5 Å². The van der Waals surface area contributed by atoms with Crippen LogP contribution < -0.4 is 0 Å². The zero-order valence-corrected chi connectivity index (χ0v) is 25.8. The zero-order valence-electron chi connectivity index (χ0n) is 25.8. The normalized spacial score (nSPS) is 13.2. The third-order valence-electron chi connectivity index (χ3n) is 10.1. The molecule has 2 aromatic heterocycles. The van der Waals surface area contributed by atoms with E-state index in [-0.39, 0.29) is 0 Å². The predicted octanol–water partition coefficient (Wildman–Crippen LogP) is 11.7. The Morgan fingerprint density at radius 3 is 2.06 bits per heavy atom. The van der Waals surface area contributed by atoms with Crippen LogP contribution in [0, 0.1) is 0 Å². The molecule has 2 heterocycles. The van der Waals surface area contributed by atoms with Crippen molar-refractivity contribution in [3.63, 3.8) is 0 Å². The van der Waals surface area contributed by atoms with Crippen molar-refractivity contribution in [3.05, 3.63) is 145 Å². The Morgan fingerprint density at radius 1 is 0.511 bits per heavy atom. The fourth-order valence-electron chi connectivity index (χ4n) is 7.87. The van der Waals surface area contributed by atoms with Gasteiger partial charge in [-0.1, -0.05) is 109 Å². The van der Waals surface area contributed by atoms with Crippen LogP contribution in [-0.2, 0) is 12.8 Å². The van der Waals surface area contributed by atoms with Crippen molar-refractivity contribution in [1.82, 2.24) is 9.97 Å². The van der Waals surface area contributed by atoms with Gasteiger partial charge in [-0.2, -0.15) is 0 Å². The molecular weight excluding hydrogens is 572 g/mol. The standard InChI is InChI=1S/C44H30N2O/c1-2-15-32-27(10-1)22-23-40-41(32)38-21-9-20-33(44(38)47-40)30-13-7-11-28(24-30)29-12-8-14-31(25-29)39-26-45-42-36-18-5-3-16-34(36)35-17-4-6-19-37(35)43(42)46-39/h1-3,5,7-16,18,20-26H,4,6,17,19H2. The molecule has 3 nitrogen and oxygen atoms in total. The fraction of sp³-hybridized carbons (Fsp3) is 0.0909. The Labute approximate surface area is 272 Å². The first kappa shape index (κ1) is 26.4. The molecular formula is C44H30N2O. The van der Waals surface area contributed by atoms with Crippen molar-refractivity contribution < 1.29 is 4.42 Å². The van der Waals surface area contributed by atoms with Crippen LogP contribution in [0.15, 0.2) is 138 Å². The molecule has 0 radical (unpaired) electrons. The molecule has 10 rings (SSSR count). The van der Waals surface area contributed by atoms with Crippen LogP contribution in [-0.4, -0.2) is 9.97 Å². The number of hydrogen-bond acceptors (Lipinski definition) is 3. The summed E-state index contributed by atoms with van der Waals surface area (Å²) in [6.45, 7) is 0. The van der Waals surface area contributed by atoms with Crippen LogP contribution in [0.4, 0.5) is 0 Å². The average molecular weight is 603 g/mol. The largest absolute Gasteiger partial charge is 0.455 e. The molecule has 1 aliphatic carbocycles. The first-order valence-corrected chi connectivity index (χ1v) is 16.5. The number of nitrogens with zero attached hydrogens (tertiary/aromatic N) is 2. The van der Waals surface area contributed by atoms with E-state index in [0.29, 0.717) is 0 Å². The highest BCUT2D eigenvalue weighted by Gasteiger charge is 2.20. The Kier molecular flexibility index (Phi) is 5.83. The van der Waals surface area contributed by atoms with E-state index in [1.807, 2.05) is 6.20 Å². The molecule has 0 saturated carbocycles. The number of aromatic nitrogens is 2. The van der Waals surface area contributed by atoms with Crippen molar-refractivity contribution in [2.45, 2.75) is 25.7 Å². The van der Waals surface area contributed by atoms with Gasteiger partial charge in [0.1, 0.15) is 11.2 Å². The van der Waals surface area contributed by atoms with E-state index >= 15 is 0 Å². The summed E-state index contributed by atoms with van der Waals surface area (Å²) < 4.78 is 6.55. The van der Waals surface area contributed by atoms with Crippen LogP contribution in [0.25, 0.3) is 88.0 Å². The highest BCUT2D eigenvalue weighted by Crippen LogP contribution is 2.40. The lowest BCUT2D eigenvalue weighted by Crippen LogP contribution is -2.06. The van der Waals surface area contributed by atoms with Crippen molar-refractivity contribution in [2.75, 3.05) is 0 Å². The minimum atomic E-state index is 0.915. The molecule has 0 spiro atoms. The van der Waals surface area contributed by atoms with Crippen LogP contribution >= 0.6 is 0 Å². The smallest absolute Gasteiger partial charge is 0.143 e. The fourth-order valence-corrected chi connectivity index (χ4v) is 7.87. The van der Waals surface area contributed by atoms with Gasteiger partial charge in [-0.05, 0) is 87.9 Å². The van der Waals surface area contributed by atoms with Crippen molar-refractivity contribution >= 4 is 54.5 Å². The lowest BCUT2D eigenvalue weighted by molar-refractivity contribution is 0.670. The summed E-state index contributed by atoms with van der Waals surface area (Å²) in [7, 11) is 0. The summed E-state index contributed by atoms with van der Waals surface area (Å²) in [4.78, 5) is 10.4. The zero-order chi connectivity index (χ0) is 30.9. The summed E-state index contributed by atoms with van der Waals surface area (Å²) in [5, 5.41) is 7.31. The van der Waals surface area contributed by atoms with Gasteiger partial charge in [-0.3, -0.25) is 4.98 Å². The third-order valence-corrected chi connectivity index (χ3v) is 10.1. The van der Waals surface area contributed by atoms with Gasteiger partial charge in [0.05, 0.1) is 22.9 Å². The number of rotatable bonds is 3. The van der Waals surface area contributed by atoms with Crippen LogP contribution in [0.5, 0.6) is 0 Å². The van der Waals surface area contributed by atoms with Gasteiger partial charge in [0, 0.05) is 27.3 Å². The molecule has 0 saturated heterocycles. The molecule has 3 heteroatoms. The number of hydrogen-bond donors (Lipinski definition) is 0. The van der Waals surface area contributed by atoms with E-state index in [2.05, 4.69) is 127 Å². The summed E-state index contributed by atoms with van der Waals surface area (Å²) in [5.41, 5.74) is 13.3. The first-order chi connectivity index (χ1) is 23.3. The molecule has 0 aliphatic heterocycles. The van der Waals surface area contributed by atoms with Crippen molar-refractivity contribution in [2.24, 2.45) is 0 Å². The van der Waals surface area contributed by atoms with Gasteiger partial charge in [0.25, 0.3) is 0 Å². The van der Waals surface area contributed by atoms with E-state index in [1.165, 1.54) is 50.9 Å². The van der Waals surface area contributed by atoms with Gasteiger partial charge in [-0.15, -0.1) is 0 Å². The third kappa shape index (κ3) is 4.13. The maximum Gasteiger partial charge on any atom is 0.143 e. The van der Waals surface area contributed by atoms with Gasteiger partial charge in [-0.25, -0.2) is 4.98 Å². The average Bonchev–Trinajstić information content (AvgIpc) is 3.54. The summed E-state index contributed by atoms with van der Waals surface area (Å²) >= 11 is 0. The number of furan rings is 1. The van der Waals surface area contributed by atoms with E-state index < -0.39 is 0 Å². The molecule has 222 valence electrons. The Hall–Kier alpha value is -5.80. The number of fused-ring (bicyclic) bond motifs is 11. The first-order valence-electron chi connectivity index (χ1n) is 16.5. The lowest BCUT2D eigenvalue weighted by atomic mass is 9.86. The second-order valence-corrected chi connectivity index (χ2v) is 12.8. The number of para-hydroxylation sites is 1. The Morgan fingerprint density at radius 2 is 1.19 bits per heavy atom.